The Balaban J connectivity index is 2.60. The van der Waals surface area contributed by atoms with Gasteiger partial charge in [0.1, 0.15) is 12.8 Å². The number of amides is 1. The molecule has 1 aromatic carbocycles. The number of fused-ring (bicyclic) bond motifs is 1. The molecule has 106 valence electrons. The Bertz CT molecular complexity index is 582. The molecule has 0 spiro atoms. The Morgan fingerprint density at radius 3 is 2.80 bits per heavy atom. The maximum absolute atomic E-state index is 12.0. The lowest BCUT2D eigenvalue weighted by Crippen LogP contribution is -2.46. The van der Waals surface area contributed by atoms with Crippen LogP contribution in [0.25, 0.3) is 0 Å². The molecule has 1 aliphatic heterocycles. The van der Waals surface area contributed by atoms with Crippen molar-refractivity contribution in [1.29, 1.82) is 0 Å². The molecule has 1 N–H and O–H groups in total. The first-order chi connectivity index (χ1) is 9.47. The summed E-state index contributed by atoms with van der Waals surface area (Å²) in [5.74, 6) is -1.11. The zero-order chi connectivity index (χ0) is 14.9. The van der Waals surface area contributed by atoms with E-state index in [1.165, 1.54) is 26.2 Å². The van der Waals surface area contributed by atoms with Crippen LogP contribution in [0, 0.1) is 0 Å². The van der Waals surface area contributed by atoms with E-state index in [4.69, 9.17) is 14.6 Å². The summed E-state index contributed by atoms with van der Waals surface area (Å²) in [6.45, 7) is 1.01. The van der Waals surface area contributed by atoms with Gasteiger partial charge in [-0.05, 0) is 19.1 Å². The quantitative estimate of drug-likeness (QED) is 0.816. The number of carbonyl (C=O) groups excluding carboxylic acids is 2. The Morgan fingerprint density at radius 1 is 1.55 bits per heavy atom. The average molecular weight is 279 g/mol. The molecule has 1 atom stereocenters. The van der Waals surface area contributed by atoms with Gasteiger partial charge in [0, 0.05) is 5.56 Å². The summed E-state index contributed by atoms with van der Waals surface area (Å²) < 4.78 is 10.6. The number of carbonyl (C=O) groups is 3. The maximum Gasteiger partial charge on any atom is 0.323 e. The number of ether oxygens (including phenoxy) is 2. The van der Waals surface area contributed by atoms with Crippen LogP contribution in [0.5, 0.6) is 11.5 Å². The molecule has 20 heavy (non-hydrogen) atoms. The standard InChI is InChI=1S/C13H13NO6/c1-7-13(18)14(5-11(16)17)9-3-8(6-15)4-10(19-2)12(9)20-7/h3-4,6-7H,5H2,1-2H3,(H,16,17). The minimum absolute atomic E-state index is 0.219. The van der Waals surface area contributed by atoms with E-state index in [0.29, 0.717) is 6.29 Å². The monoisotopic (exact) mass is 279 g/mol. The van der Waals surface area contributed by atoms with Crippen LogP contribution in [-0.4, -0.2) is 43.0 Å². The first-order valence-corrected chi connectivity index (χ1v) is 5.85. The van der Waals surface area contributed by atoms with Crippen LogP contribution in [0.2, 0.25) is 0 Å². The van der Waals surface area contributed by atoms with Gasteiger partial charge >= 0.3 is 5.97 Å². The molecule has 0 aromatic heterocycles. The second-order valence-electron chi connectivity index (χ2n) is 4.27. The van der Waals surface area contributed by atoms with E-state index < -0.39 is 24.5 Å². The fourth-order valence-electron chi connectivity index (χ4n) is 2.01. The van der Waals surface area contributed by atoms with Crippen LogP contribution < -0.4 is 14.4 Å². The highest BCUT2D eigenvalue weighted by Gasteiger charge is 2.35. The number of nitrogens with zero attached hydrogens (tertiary/aromatic N) is 1. The maximum atomic E-state index is 12.0. The Morgan fingerprint density at radius 2 is 2.25 bits per heavy atom. The second kappa shape index (κ2) is 5.20. The number of aliphatic carboxylic acids is 1. The Hall–Kier alpha value is -2.57. The Labute approximate surface area is 114 Å². The fraction of sp³-hybridized carbons (Fsp3) is 0.308. The van der Waals surface area contributed by atoms with Crippen molar-refractivity contribution >= 4 is 23.9 Å². The molecule has 1 amide bonds. The molecule has 1 aliphatic rings. The van der Waals surface area contributed by atoms with Crippen molar-refractivity contribution in [2.45, 2.75) is 13.0 Å². The van der Waals surface area contributed by atoms with Crippen LogP contribution in [0.15, 0.2) is 12.1 Å². The lowest BCUT2D eigenvalue weighted by Gasteiger charge is -2.32. The summed E-state index contributed by atoms with van der Waals surface area (Å²) in [4.78, 5) is 34.9. The van der Waals surface area contributed by atoms with E-state index in [2.05, 4.69) is 0 Å². The summed E-state index contributed by atoms with van der Waals surface area (Å²) in [6, 6.07) is 2.87. The third kappa shape index (κ3) is 2.29. The van der Waals surface area contributed by atoms with Gasteiger partial charge in [0.15, 0.2) is 17.6 Å². The number of carboxylic acid groups (broad SMARTS) is 1. The van der Waals surface area contributed by atoms with Crippen molar-refractivity contribution in [3.8, 4) is 11.5 Å². The summed E-state index contributed by atoms with van der Waals surface area (Å²) in [6.07, 6.45) is -0.234. The number of aldehydes is 1. The zero-order valence-corrected chi connectivity index (χ0v) is 11.0. The molecular formula is C13H13NO6. The average Bonchev–Trinajstić information content (AvgIpc) is 2.42. The minimum Gasteiger partial charge on any atom is -0.493 e. The van der Waals surface area contributed by atoms with Crippen molar-refractivity contribution in [2.24, 2.45) is 0 Å². The molecule has 0 fully saturated rings. The van der Waals surface area contributed by atoms with Crippen molar-refractivity contribution in [1.82, 2.24) is 0 Å². The molecule has 0 saturated carbocycles. The van der Waals surface area contributed by atoms with Crippen molar-refractivity contribution in [3.63, 3.8) is 0 Å². The fourth-order valence-corrected chi connectivity index (χ4v) is 2.01. The summed E-state index contributed by atoms with van der Waals surface area (Å²) >= 11 is 0. The van der Waals surface area contributed by atoms with Gasteiger partial charge in [-0.3, -0.25) is 19.3 Å². The number of hydrogen-bond donors (Lipinski definition) is 1. The van der Waals surface area contributed by atoms with E-state index >= 15 is 0 Å². The highest BCUT2D eigenvalue weighted by molar-refractivity contribution is 6.04. The number of benzene rings is 1. The highest BCUT2D eigenvalue weighted by atomic mass is 16.5. The van der Waals surface area contributed by atoms with Gasteiger partial charge in [-0.2, -0.15) is 0 Å². The molecule has 1 heterocycles. The number of carboxylic acids is 1. The second-order valence-corrected chi connectivity index (χ2v) is 4.27. The van der Waals surface area contributed by atoms with Crippen LogP contribution in [0.4, 0.5) is 5.69 Å². The normalized spacial score (nSPS) is 17.2. The van der Waals surface area contributed by atoms with Crippen molar-refractivity contribution < 1.29 is 29.0 Å². The van der Waals surface area contributed by atoms with Gasteiger partial charge in [-0.25, -0.2) is 0 Å². The van der Waals surface area contributed by atoms with E-state index in [9.17, 15) is 14.4 Å². The highest BCUT2D eigenvalue weighted by Crippen LogP contribution is 2.42. The van der Waals surface area contributed by atoms with Crippen LogP contribution in [-0.2, 0) is 9.59 Å². The molecule has 0 radical (unpaired) electrons. The van der Waals surface area contributed by atoms with Crippen molar-refractivity contribution in [2.75, 3.05) is 18.6 Å². The van der Waals surface area contributed by atoms with Crippen molar-refractivity contribution in [3.05, 3.63) is 17.7 Å². The topological polar surface area (TPSA) is 93.1 Å². The lowest BCUT2D eigenvalue weighted by atomic mass is 10.1. The smallest absolute Gasteiger partial charge is 0.323 e. The third-order valence-electron chi connectivity index (χ3n) is 2.91. The van der Waals surface area contributed by atoms with Gasteiger partial charge < -0.3 is 14.6 Å². The Kier molecular flexibility index (Phi) is 3.60. The number of rotatable bonds is 4. The van der Waals surface area contributed by atoms with E-state index in [-0.39, 0.29) is 22.7 Å². The molecule has 1 unspecified atom stereocenters. The zero-order valence-electron chi connectivity index (χ0n) is 11.0. The molecule has 2 rings (SSSR count). The van der Waals surface area contributed by atoms with Gasteiger partial charge in [0.2, 0.25) is 0 Å². The molecule has 0 saturated heterocycles. The van der Waals surface area contributed by atoms with E-state index in [0.717, 1.165) is 4.90 Å². The lowest BCUT2D eigenvalue weighted by molar-refractivity contribution is -0.137. The number of anilines is 1. The van der Waals surface area contributed by atoms with Crippen LogP contribution in [0.3, 0.4) is 0 Å². The van der Waals surface area contributed by atoms with Crippen LogP contribution >= 0.6 is 0 Å². The first-order valence-electron chi connectivity index (χ1n) is 5.85. The summed E-state index contributed by atoms with van der Waals surface area (Å²) in [7, 11) is 1.40. The SMILES string of the molecule is COc1cc(C=O)cc2c1OC(C)C(=O)N2CC(=O)O. The summed E-state index contributed by atoms with van der Waals surface area (Å²) in [5, 5.41) is 8.91. The van der Waals surface area contributed by atoms with Gasteiger partial charge in [-0.1, -0.05) is 0 Å². The number of hydrogen-bond acceptors (Lipinski definition) is 5. The predicted molar refractivity (Wildman–Crippen MR) is 68.5 cm³/mol. The molecule has 0 aliphatic carbocycles. The summed E-state index contributed by atoms with van der Waals surface area (Å²) in [5.41, 5.74) is 0.485. The molecular weight excluding hydrogens is 266 g/mol. The van der Waals surface area contributed by atoms with Gasteiger partial charge in [-0.15, -0.1) is 0 Å². The third-order valence-corrected chi connectivity index (χ3v) is 2.91. The molecule has 1 aromatic rings. The van der Waals surface area contributed by atoms with Gasteiger partial charge in [0.25, 0.3) is 5.91 Å². The minimum atomic E-state index is -1.16. The molecule has 0 bridgehead atoms. The number of methoxy groups -OCH3 is 1. The molecule has 7 nitrogen and oxygen atoms in total. The molecule has 7 heteroatoms. The largest absolute Gasteiger partial charge is 0.493 e. The van der Waals surface area contributed by atoms with E-state index in [1.54, 1.807) is 0 Å². The predicted octanol–water partition coefficient (Wildman–Crippen LogP) is 0.706. The van der Waals surface area contributed by atoms with E-state index in [1.807, 2.05) is 0 Å². The van der Waals surface area contributed by atoms with Crippen LogP contribution in [0.1, 0.15) is 17.3 Å². The first kappa shape index (κ1) is 13.9. The van der Waals surface area contributed by atoms with Gasteiger partial charge in [0.05, 0.1) is 12.8 Å².